The molecule has 0 aromatic carbocycles. The number of methoxy groups -OCH3 is 1. The molecule has 0 aliphatic rings. The molecule has 0 saturated carbocycles. The quantitative estimate of drug-likeness (QED) is 0.242. The van der Waals surface area contributed by atoms with Crippen molar-refractivity contribution in [1.29, 1.82) is 0 Å². The molecule has 0 unspecified atom stereocenters. The monoisotopic (exact) mass is 141 g/mol. The summed E-state index contributed by atoms with van der Waals surface area (Å²) < 4.78 is 4.62. The Balaban J connectivity index is 4.12. The van der Waals surface area contributed by atoms with Crippen molar-refractivity contribution >= 4 is 12.0 Å². The lowest BCUT2D eigenvalue weighted by Gasteiger charge is -1.93. The van der Waals surface area contributed by atoms with E-state index >= 15 is 0 Å². The van der Waals surface area contributed by atoms with E-state index in [-0.39, 0.29) is 0 Å². The van der Waals surface area contributed by atoms with Crippen molar-refractivity contribution < 1.29 is 14.3 Å². The predicted molar refractivity (Wildman–Crippen MR) is 33.9 cm³/mol. The van der Waals surface area contributed by atoms with Gasteiger partial charge in [-0.05, 0) is 6.92 Å². The van der Waals surface area contributed by atoms with Crippen molar-refractivity contribution in [2.45, 2.75) is 6.92 Å². The zero-order valence-corrected chi connectivity index (χ0v) is 5.75. The number of hydrogen-bond acceptors (Lipinski definition) is 3. The van der Waals surface area contributed by atoms with Gasteiger partial charge >= 0.3 is 0 Å². The van der Waals surface area contributed by atoms with Crippen LogP contribution < -0.4 is 0 Å². The third-order valence-corrected chi connectivity index (χ3v) is 0.805. The maximum absolute atomic E-state index is 10.4. The molecule has 0 spiro atoms. The summed E-state index contributed by atoms with van der Waals surface area (Å²) in [5, 5.41) is 0. The fourth-order valence-electron chi connectivity index (χ4n) is 0.310. The van der Waals surface area contributed by atoms with E-state index in [1.165, 1.54) is 7.11 Å². The number of ether oxygens (including phenoxy) is 1. The highest BCUT2D eigenvalue weighted by atomic mass is 16.5. The summed E-state index contributed by atoms with van der Waals surface area (Å²) in [7, 11) is 1.42. The number of rotatable bonds is 2. The highest BCUT2D eigenvalue weighted by molar-refractivity contribution is 5.91. The van der Waals surface area contributed by atoms with E-state index in [9.17, 15) is 9.59 Å². The fraction of sp³-hybridized carbons (Fsp3) is 0.333. The standard InChI is InChI=1S/C6H7NO3/c1-5(10-2)3-6(9)7-4-8/h3H,1-2H3/b5-3+. The number of isocyanates is 1. The molecule has 0 fully saturated rings. The van der Waals surface area contributed by atoms with Gasteiger partial charge in [-0.2, -0.15) is 0 Å². The van der Waals surface area contributed by atoms with E-state index in [0.29, 0.717) is 5.76 Å². The molecule has 54 valence electrons. The van der Waals surface area contributed by atoms with E-state index < -0.39 is 5.91 Å². The lowest BCUT2D eigenvalue weighted by molar-refractivity contribution is -0.113. The SMILES string of the molecule is CO/C(C)=C/C(=O)N=C=O. The topological polar surface area (TPSA) is 55.7 Å². The molecule has 0 atom stereocenters. The third-order valence-electron chi connectivity index (χ3n) is 0.805. The number of hydrogen-bond donors (Lipinski definition) is 0. The normalized spacial score (nSPS) is 10.0. The van der Waals surface area contributed by atoms with Gasteiger partial charge < -0.3 is 4.74 Å². The molecule has 0 radical (unpaired) electrons. The molecule has 0 saturated heterocycles. The second-order valence-corrected chi connectivity index (χ2v) is 1.50. The maximum Gasteiger partial charge on any atom is 0.283 e. The lowest BCUT2D eigenvalue weighted by Crippen LogP contribution is -1.89. The van der Waals surface area contributed by atoms with Gasteiger partial charge in [0, 0.05) is 6.08 Å². The molecule has 4 heteroatoms. The van der Waals surface area contributed by atoms with Crippen LogP contribution in [0, 0.1) is 0 Å². The first-order chi connectivity index (χ1) is 4.70. The number of carbonyl (C=O) groups excluding carboxylic acids is 2. The summed E-state index contributed by atoms with van der Waals surface area (Å²) in [6, 6.07) is 0. The van der Waals surface area contributed by atoms with Gasteiger partial charge in [0.05, 0.1) is 12.9 Å². The number of aliphatic imine (C=N–C) groups is 1. The lowest BCUT2D eigenvalue weighted by atomic mass is 10.5. The average Bonchev–Trinajstić information content (AvgIpc) is 1.88. The molecular formula is C6H7NO3. The molecule has 0 N–H and O–H groups in total. The number of carbonyl (C=O) groups is 1. The summed E-state index contributed by atoms with van der Waals surface area (Å²) in [6.07, 6.45) is 2.22. The van der Waals surface area contributed by atoms with E-state index in [2.05, 4.69) is 9.73 Å². The summed E-state index contributed by atoms with van der Waals surface area (Å²) in [4.78, 5) is 22.7. The Hall–Kier alpha value is -1.41. The smallest absolute Gasteiger partial charge is 0.283 e. The molecule has 0 aromatic rings. The zero-order valence-electron chi connectivity index (χ0n) is 5.75. The minimum Gasteiger partial charge on any atom is -0.501 e. The molecule has 0 aliphatic heterocycles. The minimum absolute atomic E-state index is 0.406. The first-order valence-corrected chi connectivity index (χ1v) is 2.55. The van der Waals surface area contributed by atoms with Gasteiger partial charge in [0.1, 0.15) is 0 Å². The van der Waals surface area contributed by atoms with Crippen molar-refractivity contribution in [3.05, 3.63) is 11.8 Å². The van der Waals surface area contributed by atoms with Crippen LogP contribution in [0.4, 0.5) is 0 Å². The van der Waals surface area contributed by atoms with Gasteiger partial charge in [-0.1, -0.05) is 0 Å². The fourth-order valence-corrected chi connectivity index (χ4v) is 0.310. The summed E-state index contributed by atoms with van der Waals surface area (Å²) >= 11 is 0. The van der Waals surface area contributed by atoms with Crippen LogP contribution in [0.25, 0.3) is 0 Å². The molecule has 0 aromatic heterocycles. The van der Waals surface area contributed by atoms with Crippen LogP contribution in [-0.4, -0.2) is 19.1 Å². The third kappa shape index (κ3) is 3.57. The van der Waals surface area contributed by atoms with Crippen molar-refractivity contribution in [1.82, 2.24) is 0 Å². The van der Waals surface area contributed by atoms with E-state index in [1.54, 1.807) is 6.92 Å². The maximum atomic E-state index is 10.4. The van der Waals surface area contributed by atoms with Crippen molar-refractivity contribution in [2.75, 3.05) is 7.11 Å². The van der Waals surface area contributed by atoms with Crippen LogP contribution in [0.15, 0.2) is 16.8 Å². The molecule has 4 nitrogen and oxygen atoms in total. The Kier molecular flexibility index (Phi) is 3.84. The van der Waals surface area contributed by atoms with E-state index in [4.69, 9.17) is 0 Å². The Morgan fingerprint density at radius 3 is 2.70 bits per heavy atom. The Bertz CT molecular complexity index is 201. The molecular weight excluding hydrogens is 134 g/mol. The summed E-state index contributed by atoms with van der Waals surface area (Å²) in [5.74, 6) is -0.252. The molecule has 0 bridgehead atoms. The van der Waals surface area contributed by atoms with Crippen LogP contribution in [-0.2, 0) is 14.3 Å². The molecule has 1 amide bonds. The first-order valence-electron chi connectivity index (χ1n) is 2.55. The Morgan fingerprint density at radius 1 is 1.70 bits per heavy atom. The highest BCUT2D eigenvalue weighted by Gasteiger charge is 1.92. The van der Waals surface area contributed by atoms with Crippen molar-refractivity contribution in [3.8, 4) is 0 Å². The Morgan fingerprint density at radius 2 is 2.30 bits per heavy atom. The number of allylic oxidation sites excluding steroid dienone is 1. The van der Waals surface area contributed by atoms with Crippen molar-refractivity contribution in [2.24, 2.45) is 4.99 Å². The molecule has 0 aliphatic carbocycles. The Labute approximate surface area is 58.2 Å². The van der Waals surface area contributed by atoms with Crippen LogP contribution >= 0.6 is 0 Å². The second kappa shape index (κ2) is 4.47. The molecule has 0 heterocycles. The van der Waals surface area contributed by atoms with E-state index in [0.717, 1.165) is 12.2 Å². The van der Waals surface area contributed by atoms with E-state index in [1.807, 2.05) is 0 Å². The average molecular weight is 141 g/mol. The van der Waals surface area contributed by atoms with Gasteiger partial charge in [-0.3, -0.25) is 4.79 Å². The minimum atomic E-state index is -0.658. The molecule has 0 rings (SSSR count). The van der Waals surface area contributed by atoms with Gasteiger partial charge in [-0.15, -0.1) is 4.99 Å². The second-order valence-electron chi connectivity index (χ2n) is 1.50. The largest absolute Gasteiger partial charge is 0.501 e. The van der Waals surface area contributed by atoms with Gasteiger partial charge in [0.2, 0.25) is 6.08 Å². The highest BCUT2D eigenvalue weighted by Crippen LogP contribution is 1.91. The van der Waals surface area contributed by atoms with Crippen LogP contribution in [0.3, 0.4) is 0 Å². The van der Waals surface area contributed by atoms with Gasteiger partial charge in [0.15, 0.2) is 0 Å². The van der Waals surface area contributed by atoms with Gasteiger partial charge in [-0.25, -0.2) is 4.79 Å². The first kappa shape index (κ1) is 8.59. The number of nitrogens with zero attached hydrogens (tertiary/aromatic N) is 1. The summed E-state index contributed by atoms with van der Waals surface area (Å²) in [5.41, 5.74) is 0. The van der Waals surface area contributed by atoms with Crippen LogP contribution in [0.5, 0.6) is 0 Å². The van der Waals surface area contributed by atoms with Crippen molar-refractivity contribution in [3.63, 3.8) is 0 Å². The number of amides is 1. The van der Waals surface area contributed by atoms with Crippen LogP contribution in [0.1, 0.15) is 6.92 Å². The molecule has 10 heavy (non-hydrogen) atoms. The summed E-state index contributed by atoms with van der Waals surface area (Å²) in [6.45, 7) is 1.58. The van der Waals surface area contributed by atoms with Gasteiger partial charge in [0.25, 0.3) is 5.91 Å². The predicted octanol–water partition coefficient (Wildman–Crippen LogP) is 0.399. The van der Waals surface area contributed by atoms with Crippen LogP contribution in [0.2, 0.25) is 0 Å². The zero-order chi connectivity index (χ0) is 7.98.